The van der Waals surface area contributed by atoms with Gasteiger partial charge in [0.15, 0.2) is 0 Å². The van der Waals surface area contributed by atoms with Crippen LogP contribution in [0, 0.1) is 0 Å². The highest BCUT2D eigenvalue weighted by atomic mass is 32.2. The van der Waals surface area contributed by atoms with E-state index in [1.807, 2.05) is 18.2 Å². The van der Waals surface area contributed by atoms with Gasteiger partial charge in [-0.3, -0.25) is 9.78 Å². The van der Waals surface area contributed by atoms with Crippen molar-refractivity contribution in [2.75, 3.05) is 13.1 Å². The molecule has 5 rings (SSSR count). The van der Waals surface area contributed by atoms with Gasteiger partial charge in [-0.2, -0.15) is 0 Å². The maximum atomic E-state index is 12.7. The van der Waals surface area contributed by atoms with Gasteiger partial charge in [0.1, 0.15) is 11.9 Å². The van der Waals surface area contributed by atoms with E-state index in [0.717, 1.165) is 40.8 Å². The van der Waals surface area contributed by atoms with Crippen molar-refractivity contribution in [1.29, 1.82) is 0 Å². The van der Waals surface area contributed by atoms with Crippen molar-refractivity contribution in [2.24, 2.45) is 0 Å². The summed E-state index contributed by atoms with van der Waals surface area (Å²) >= 11 is 0. The number of fused-ring (bicyclic) bond motifs is 1. The van der Waals surface area contributed by atoms with Gasteiger partial charge in [0.05, 0.1) is 11.0 Å². The summed E-state index contributed by atoms with van der Waals surface area (Å²) in [7, 11) is -4.00. The van der Waals surface area contributed by atoms with Gasteiger partial charge >= 0.3 is 0 Å². The summed E-state index contributed by atoms with van der Waals surface area (Å²) < 4.78 is 33.7. The Hall–Kier alpha value is -4.05. The van der Waals surface area contributed by atoms with E-state index < -0.39 is 22.0 Å². The van der Waals surface area contributed by atoms with E-state index in [9.17, 15) is 18.3 Å². The van der Waals surface area contributed by atoms with Crippen molar-refractivity contribution in [3.05, 3.63) is 114 Å². The number of aryl methyl sites for hydroxylation is 1. The molecule has 2 atom stereocenters. The summed E-state index contributed by atoms with van der Waals surface area (Å²) in [5.41, 5.74) is 3.94. The third-order valence-electron chi connectivity index (χ3n) is 6.63. The fraction of sp³-hybridized carbons (Fsp3) is 0.200. The summed E-state index contributed by atoms with van der Waals surface area (Å²) in [5, 5.41) is 13.6. The van der Waals surface area contributed by atoms with Gasteiger partial charge in [-0.25, -0.2) is 13.1 Å². The van der Waals surface area contributed by atoms with Crippen LogP contribution in [0.2, 0.25) is 0 Å². The molecule has 0 saturated heterocycles. The van der Waals surface area contributed by atoms with Gasteiger partial charge in [0.2, 0.25) is 0 Å². The van der Waals surface area contributed by atoms with Crippen molar-refractivity contribution in [3.63, 3.8) is 0 Å². The molecule has 2 heterocycles. The average molecular weight is 544 g/mol. The first kappa shape index (κ1) is 26.6. The number of benzene rings is 3. The molecule has 0 saturated carbocycles. The first-order chi connectivity index (χ1) is 18.9. The number of ether oxygens (including phenoxy) is 1. The number of amides is 1. The van der Waals surface area contributed by atoms with E-state index in [1.54, 1.807) is 60.9 Å². The zero-order chi connectivity index (χ0) is 27.2. The summed E-state index contributed by atoms with van der Waals surface area (Å²) in [6.45, 7) is 1.04. The second-order valence-electron chi connectivity index (χ2n) is 9.39. The molecule has 0 radical (unpaired) electrons. The van der Waals surface area contributed by atoms with Crippen LogP contribution >= 0.6 is 0 Å². The van der Waals surface area contributed by atoms with Crippen molar-refractivity contribution < 1.29 is 23.1 Å². The second-order valence-corrected chi connectivity index (χ2v) is 11.1. The van der Waals surface area contributed by atoms with Crippen molar-refractivity contribution in [2.45, 2.75) is 29.9 Å². The number of nitrogens with one attached hydrogen (secondary N) is 2. The highest BCUT2D eigenvalue weighted by molar-refractivity contribution is 7.90. The Labute approximate surface area is 227 Å². The lowest BCUT2D eigenvalue weighted by atomic mass is 9.97. The molecule has 0 unspecified atom stereocenters. The number of carbonyl (C=O) groups excluding carboxylic acids is 1. The molecule has 0 aliphatic carbocycles. The minimum atomic E-state index is -4.00. The molecule has 1 aliphatic rings. The first-order valence-electron chi connectivity index (χ1n) is 12.7. The van der Waals surface area contributed by atoms with E-state index in [-0.39, 0.29) is 16.6 Å². The Bertz CT molecular complexity index is 1530. The van der Waals surface area contributed by atoms with E-state index in [0.29, 0.717) is 13.1 Å². The van der Waals surface area contributed by atoms with Crippen molar-refractivity contribution >= 4 is 15.9 Å². The minimum absolute atomic E-state index is 0.0000323. The predicted molar refractivity (Wildman–Crippen MR) is 148 cm³/mol. The molecule has 9 heteroatoms. The lowest BCUT2D eigenvalue weighted by molar-refractivity contribution is 0.0981. The quantitative estimate of drug-likeness (QED) is 0.293. The minimum Gasteiger partial charge on any atom is -0.489 e. The number of rotatable bonds is 9. The molecule has 1 aromatic heterocycles. The van der Waals surface area contributed by atoms with E-state index >= 15 is 0 Å². The van der Waals surface area contributed by atoms with Crippen LogP contribution in [0.3, 0.4) is 0 Å². The van der Waals surface area contributed by atoms with E-state index in [2.05, 4.69) is 21.1 Å². The molecule has 0 spiro atoms. The van der Waals surface area contributed by atoms with Crippen LogP contribution in [-0.2, 0) is 16.4 Å². The number of pyridine rings is 1. The highest BCUT2D eigenvalue weighted by Crippen LogP contribution is 2.32. The second kappa shape index (κ2) is 11.8. The SMILES string of the molecule is O=C(NS(=O)(=O)c1ccc(-c2ccc3c(c2)CC[C@H](CNC[C@@H](O)c2cccnc2)O3)cc1)c1ccccc1. The zero-order valence-corrected chi connectivity index (χ0v) is 22.0. The van der Waals surface area contributed by atoms with Crippen molar-refractivity contribution in [3.8, 4) is 16.9 Å². The molecule has 8 nitrogen and oxygen atoms in total. The van der Waals surface area contributed by atoms with Gasteiger partial charge < -0.3 is 15.2 Å². The smallest absolute Gasteiger partial charge is 0.264 e. The number of carbonyl (C=O) groups is 1. The highest BCUT2D eigenvalue weighted by Gasteiger charge is 2.22. The Balaban J connectivity index is 1.18. The molecular weight excluding hydrogens is 514 g/mol. The lowest BCUT2D eigenvalue weighted by Crippen LogP contribution is -2.36. The number of nitrogens with zero attached hydrogens (tertiary/aromatic N) is 1. The van der Waals surface area contributed by atoms with Gasteiger partial charge in [0, 0.05) is 36.6 Å². The van der Waals surface area contributed by atoms with E-state index in [4.69, 9.17) is 4.74 Å². The summed E-state index contributed by atoms with van der Waals surface area (Å²) in [4.78, 5) is 16.4. The monoisotopic (exact) mass is 543 g/mol. The standard InChI is InChI=1S/C30H29N3O5S/c34-28(25-7-4-16-31-18-25)20-32-19-26-12-8-24-17-23(11-15-29(24)38-26)21-9-13-27(14-10-21)39(36,37)33-30(35)22-5-2-1-3-6-22/h1-7,9-11,13-18,26,28,32,34H,8,12,19-20H2,(H,33,35)/t26-,28-/m1/s1. The van der Waals surface area contributed by atoms with Gasteiger partial charge in [0.25, 0.3) is 15.9 Å². The summed E-state index contributed by atoms with van der Waals surface area (Å²) in [6.07, 6.45) is 4.40. The normalized spacial score (nSPS) is 15.6. The number of hydrogen-bond acceptors (Lipinski definition) is 7. The number of hydrogen-bond donors (Lipinski definition) is 3. The summed E-state index contributed by atoms with van der Waals surface area (Å²) in [6, 6.07) is 24.3. The molecule has 3 N–H and O–H groups in total. The van der Waals surface area contributed by atoms with Gasteiger partial charge in [-0.1, -0.05) is 42.5 Å². The predicted octanol–water partition coefficient (Wildman–Crippen LogP) is 3.88. The molecule has 3 aromatic carbocycles. The Kier molecular flexibility index (Phi) is 8.02. The van der Waals surface area contributed by atoms with Crippen LogP contribution in [0.4, 0.5) is 0 Å². The van der Waals surface area contributed by atoms with Crippen molar-refractivity contribution in [1.82, 2.24) is 15.0 Å². The number of aliphatic hydroxyl groups excluding tert-OH is 1. The fourth-order valence-corrected chi connectivity index (χ4v) is 5.47. The molecular formula is C30H29N3O5S. The van der Waals surface area contributed by atoms with Crippen LogP contribution in [0.1, 0.15) is 34.0 Å². The van der Waals surface area contributed by atoms with Gasteiger partial charge in [-0.15, -0.1) is 0 Å². The molecule has 39 heavy (non-hydrogen) atoms. The maximum absolute atomic E-state index is 12.7. The van der Waals surface area contributed by atoms with E-state index in [1.165, 1.54) is 12.1 Å². The number of sulfonamides is 1. The first-order valence-corrected chi connectivity index (χ1v) is 14.2. The third-order valence-corrected chi connectivity index (χ3v) is 7.98. The average Bonchev–Trinajstić information content (AvgIpc) is 2.97. The lowest BCUT2D eigenvalue weighted by Gasteiger charge is -2.27. The fourth-order valence-electron chi connectivity index (χ4n) is 4.50. The third kappa shape index (κ3) is 6.51. The topological polar surface area (TPSA) is 118 Å². The Morgan fingerprint density at radius 2 is 1.77 bits per heavy atom. The largest absolute Gasteiger partial charge is 0.489 e. The molecule has 0 bridgehead atoms. The van der Waals surface area contributed by atoms with Crippen LogP contribution in [-0.4, -0.2) is 43.6 Å². The molecule has 1 amide bonds. The molecule has 200 valence electrons. The Morgan fingerprint density at radius 1 is 1.00 bits per heavy atom. The maximum Gasteiger partial charge on any atom is 0.264 e. The van der Waals surface area contributed by atoms with Crippen LogP contribution in [0.15, 0.2) is 102 Å². The zero-order valence-electron chi connectivity index (χ0n) is 21.2. The Morgan fingerprint density at radius 3 is 2.51 bits per heavy atom. The summed E-state index contributed by atoms with van der Waals surface area (Å²) in [5.74, 6) is 0.153. The van der Waals surface area contributed by atoms with Crippen LogP contribution < -0.4 is 14.8 Å². The number of aromatic nitrogens is 1. The van der Waals surface area contributed by atoms with Crippen LogP contribution in [0.25, 0.3) is 11.1 Å². The molecule has 4 aromatic rings. The van der Waals surface area contributed by atoms with Crippen LogP contribution in [0.5, 0.6) is 5.75 Å². The molecule has 1 aliphatic heterocycles. The van der Waals surface area contributed by atoms with Gasteiger partial charge in [-0.05, 0) is 72.0 Å². The number of aliphatic hydroxyl groups is 1. The molecule has 0 fully saturated rings.